The zero-order chi connectivity index (χ0) is 31.8. The van der Waals surface area contributed by atoms with Crippen molar-refractivity contribution in [2.45, 2.75) is 34.6 Å². The molecule has 10 heteroatoms. The summed E-state index contributed by atoms with van der Waals surface area (Å²) in [6, 6.07) is 16.5. The third-order valence-corrected chi connectivity index (χ3v) is 8.78. The summed E-state index contributed by atoms with van der Waals surface area (Å²) in [4.78, 5) is 13.4. The van der Waals surface area contributed by atoms with Crippen LogP contribution in [0, 0.1) is 27.7 Å². The van der Waals surface area contributed by atoms with E-state index in [1.165, 1.54) is 4.57 Å². The molecule has 0 aliphatic heterocycles. The molecular weight excluding hydrogens is 580 g/mol. The summed E-state index contributed by atoms with van der Waals surface area (Å²) < 4.78 is 47.7. The molecule has 3 aromatic carbocycles. The van der Waals surface area contributed by atoms with Gasteiger partial charge in [0.05, 0.1) is 17.7 Å². The fourth-order valence-electron chi connectivity index (χ4n) is 5.27. The van der Waals surface area contributed by atoms with E-state index in [0.717, 1.165) is 27.8 Å². The van der Waals surface area contributed by atoms with Crippen molar-refractivity contribution >= 4 is 26.7 Å². The highest BCUT2D eigenvalue weighted by Crippen LogP contribution is 2.42. The van der Waals surface area contributed by atoms with Crippen LogP contribution in [0.1, 0.15) is 29.2 Å². The number of nitrogens with zero attached hydrogens (tertiary/aromatic N) is 1. The quantitative estimate of drug-likeness (QED) is 0.181. The molecule has 0 radical (unpaired) electrons. The average Bonchev–Trinajstić information content (AvgIpc) is 3.43. The van der Waals surface area contributed by atoms with Crippen molar-refractivity contribution in [1.29, 1.82) is 0 Å². The standard InChI is InChI=1S/C34H36N2O7S/c1-7-44(39,40)35-25-11-12-29(42-32-20(2)9-8-10-21(32)3)26(17-25)28-19-36(6)34(38)27-18-30(43-33(27)28)24-15-22(4)31(23(5)16-24)41-14-13-37/h8-12,15-19,35,37H,7,13-14H2,1-6H3. The molecule has 44 heavy (non-hydrogen) atoms. The Bertz CT molecular complexity index is 2000. The Morgan fingerprint density at radius 3 is 2.23 bits per heavy atom. The van der Waals surface area contributed by atoms with Gasteiger partial charge in [-0.05, 0) is 93.3 Å². The van der Waals surface area contributed by atoms with Crippen LogP contribution in [0.2, 0.25) is 0 Å². The number of benzene rings is 3. The van der Waals surface area contributed by atoms with Crippen LogP contribution in [0.4, 0.5) is 5.69 Å². The zero-order valence-corrected chi connectivity index (χ0v) is 26.5. The Morgan fingerprint density at radius 2 is 1.59 bits per heavy atom. The number of pyridine rings is 1. The molecule has 5 rings (SSSR count). The number of aryl methyl sites for hydroxylation is 5. The van der Waals surface area contributed by atoms with Gasteiger partial charge in [-0.3, -0.25) is 9.52 Å². The summed E-state index contributed by atoms with van der Waals surface area (Å²) in [5.41, 5.74) is 5.94. The highest BCUT2D eigenvalue weighted by Gasteiger charge is 2.22. The lowest BCUT2D eigenvalue weighted by atomic mass is 10.0. The largest absolute Gasteiger partial charge is 0.491 e. The first kappa shape index (κ1) is 30.9. The molecule has 0 spiro atoms. The van der Waals surface area contributed by atoms with Gasteiger partial charge < -0.3 is 23.6 Å². The minimum absolute atomic E-state index is 0.0860. The van der Waals surface area contributed by atoms with Crippen LogP contribution >= 0.6 is 0 Å². The van der Waals surface area contributed by atoms with E-state index >= 15 is 0 Å². The van der Waals surface area contributed by atoms with Crippen molar-refractivity contribution in [3.8, 4) is 39.7 Å². The molecule has 0 aliphatic carbocycles. The fourth-order valence-corrected chi connectivity index (χ4v) is 5.90. The van der Waals surface area contributed by atoms with E-state index in [1.807, 2.05) is 58.0 Å². The van der Waals surface area contributed by atoms with Crippen molar-refractivity contribution in [3.05, 3.63) is 93.4 Å². The Morgan fingerprint density at radius 1 is 0.909 bits per heavy atom. The molecule has 2 heterocycles. The molecule has 0 aliphatic rings. The van der Waals surface area contributed by atoms with Gasteiger partial charge in [0.15, 0.2) is 0 Å². The summed E-state index contributed by atoms with van der Waals surface area (Å²) in [6.45, 7) is 9.40. The van der Waals surface area contributed by atoms with E-state index in [4.69, 9.17) is 13.9 Å². The van der Waals surface area contributed by atoms with E-state index in [9.17, 15) is 18.3 Å². The van der Waals surface area contributed by atoms with Crippen molar-refractivity contribution in [3.63, 3.8) is 0 Å². The maximum Gasteiger partial charge on any atom is 0.261 e. The number of aliphatic hydroxyl groups is 1. The lowest BCUT2D eigenvalue weighted by molar-refractivity contribution is 0.200. The van der Waals surface area contributed by atoms with Crippen LogP contribution in [0.25, 0.3) is 33.4 Å². The number of ether oxygens (including phenoxy) is 2. The Balaban J connectivity index is 1.72. The average molecular weight is 617 g/mol. The topological polar surface area (TPSA) is 120 Å². The van der Waals surface area contributed by atoms with Gasteiger partial charge in [0, 0.05) is 35.6 Å². The first-order valence-electron chi connectivity index (χ1n) is 14.3. The van der Waals surface area contributed by atoms with Crippen LogP contribution in [0.15, 0.2) is 70.0 Å². The maximum atomic E-state index is 13.4. The zero-order valence-electron chi connectivity index (χ0n) is 25.6. The number of anilines is 1. The molecule has 2 aromatic heterocycles. The van der Waals surface area contributed by atoms with E-state index in [0.29, 0.717) is 50.8 Å². The van der Waals surface area contributed by atoms with Gasteiger partial charge in [0.1, 0.15) is 35.2 Å². The number of hydrogen-bond donors (Lipinski definition) is 2. The smallest absolute Gasteiger partial charge is 0.261 e. The van der Waals surface area contributed by atoms with Crippen molar-refractivity contribution in [2.24, 2.45) is 7.05 Å². The minimum Gasteiger partial charge on any atom is -0.491 e. The Labute approximate surface area is 256 Å². The molecule has 0 saturated heterocycles. The van der Waals surface area contributed by atoms with Crippen LogP contribution in [0.3, 0.4) is 0 Å². The molecule has 0 saturated carbocycles. The van der Waals surface area contributed by atoms with Crippen molar-refractivity contribution in [1.82, 2.24) is 4.57 Å². The van der Waals surface area contributed by atoms with Gasteiger partial charge in [-0.1, -0.05) is 18.2 Å². The van der Waals surface area contributed by atoms with E-state index in [1.54, 1.807) is 44.4 Å². The van der Waals surface area contributed by atoms with E-state index in [2.05, 4.69) is 4.72 Å². The lowest BCUT2D eigenvalue weighted by Crippen LogP contribution is -2.16. The summed E-state index contributed by atoms with van der Waals surface area (Å²) in [5, 5.41) is 9.56. The van der Waals surface area contributed by atoms with Gasteiger partial charge in [-0.15, -0.1) is 0 Å². The van der Waals surface area contributed by atoms with Crippen LogP contribution in [0.5, 0.6) is 17.2 Å². The number of aliphatic hydroxyl groups excluding tert-OH is 1. The lowest BCUT2D eigenvalue weighted by Gasteiger charge is -2.17. The molecule has 0 fully saturated rings. The maximum absolute atomic E-state index is 13.4. The number of fused-ring (bicyclic) bond motifs is 1. The second-order valence-electron chi connectivity index (χ2n) is 10.9. The molecule has 0 bridgehead atoms. The number of aromatic nitrogens is 1. The second kappa shape index (κ2) is 12.2. The minimum atomic E-state index is -3.56. The predicted octanol–water partition coefficient (Wildman–Crippen LogP) is 6.62. The van der Waals surface area contributed by atoms with Gasteiger partial charge in [0.2, 0.25) is 10.0 Å². The Kier molecular flexibility index (Phi) is 8.58. The highest BCUT2D eigenvalue weighted by molar-refractivity contribution is 7.92. The van der Waals surface area contributed by atoms with Gasteiger partial charge in [-0.2, -0.15) is 0 Å². The number of hydrogen-bond acceptors (Lipinski definition) is 7. The molecular formula is C34H36N2O7S. The summed E-state index contributed by atoms with van der Waals surface area (Å²) in [5.74, 6) is 2.25. The van der Waals surface area contributed by atoms with E-state index in [-0.39, 0.29) is 24.5 Å². The van der Waals surface area contributed by atoms with Gasteiger partial charge >= 0.3 is 0 Å². The van der Waals surface area contributed by atoms with Crippen LogP contribution in [-0.4, -0.2) is 37.1 Å². The van der Waals surface area contributed by atoms with Crippen molar-refractivity contribution < 1.29 is 27.4 Å². The van der Waals surface area contributed by atoms with Crippen molar-refractivity contribution in [2.75, 3.05) is 23.7 Å². The number of furan rings is 1. The number of nitrogens with one attached hydrogen (secondary N) is 1. The molecule has 9 nitrogen and oxygen atoms in total. The summed E-state index contributed by atoms with van der Waals surface area (Å²) in [7, 11) is -1.90. The monoisotopic (exact) mass is 616 g/mol. The second-order valence-corrected chi connectivity index (χ2v) is 12.9. The molecule has 0 amide bonds. The number of sulfonamides is 1. The molecule has 0 atom stereocenters. The number of para-hydroxylation sites is 1. The first-order chi connectivity index (χ1) is 20.9. The molecule has 5 aromatic rings. The summed E-state index contributed by atoms with van der Waals surface area (Å²) >= 11 is 0. The van der Waals surface area contributed by atoms with Gasteiger partial charge in [0.25, 0.3) is 5.56 Å². The molecule has 230 valence electrons. The third-order valence-electron chi connectivity index (χ3n) is 7.48. The van der Waals surface area contributed by atoms with Gasteiger partial charge in [-0.25, -0.2) is 8.42 Å². The number of rotatable bonds is 10. The predicted molar refractivity (Wildman–Crippen MR) is 173 cm³/mol. The first-order valence-corrected chi connectivity index (χ1v) is 15.9. The molecule has 0 unspecified atom stereocenters. The van der Waals surface area contributed by atoms with E-state index < -0.39 is 10.0 Å². The fraction of sp³-hybridized carbons (Fsp3) is 0.265. The van der Waals surface area contributed by atoms with Crippen LogP contribution < -0.4 is 19.8 Å². The Hall–Kier alpha value is -4.54. The SMILES string of the molecule is CCS(=O)(=O)Nc1ccc(Oc2c(C)cccc2C)c(-c2cn(C)c(=O)c3cc(-c4cc(C)c(OCCO)c(C)c4)oc23)c1. The normalized spacial score (nSPS) is 11.6. The summed E-state index contributed by atoms with van der Waals surface area (Å²) in [6.07, 6.45) is 1.67. The third kappa shape index (κ3) is 6.09. The highest BCUT2D eigenvalue weighted by atomic mass is 32.2. The van der Waals surface area contributed by atoms with Crippen LogP contribution in [-0.2, 0) is 17.1 Å². The molecule has 2 N–H and O–H groups in total.